The Kier molecular flexibility index (Phi) is 11.5. The standard InChI is InChI=1S/C34H44.2Li/c1-5-9-11-16-33(29-22-18-27(7-3)19-23-29)31-14-13-15-32(26-31)34(17-12-10-6-2)30-24-20-28(8-4)21-25-30;;/h13-15,18-26H,5-12,16-17H2,1-4H3;;. The summed E-state index contributed by atoms with van der Waals surface area (Å²) in [6.07, 6.45) is 12.2. The van der Waals surface area contributed by atoms with E-state index in [0.29, 0.717) is 0 Å². The van der Waals surface area contributed by atoms with Crippen LogP contribution in [-0.4, -0.2) is 35.4 Å². The van der Waals surface area contributed by atoms with E-state index in [1.165, 1.54) is 84.7 Å². The Labute approximate surface area is 240 Å². The third kappa shape index (κ3) is 7.03. The fourth-order valence-corrected chi connectivity index (χ4v) is 5.79. The van der Waals surface area contributed by atoms with Gasteiger partial charge in [-0.05, 0) is 0 Å². The fraction of sp³-hybridized carbons (Fsp3) is 0.471. The van der Waals surface area contributed by atoms with E-state index in [0.717, 1.165) is 12.8 Å². The van der Waals surface area contributed by atoms with Crippen molar-refractivity contribution in [3.8, 4) is 0 Å². The molecule has 36 heavy (non-hydrogen) atoms. The molecular formula is C34H44Li2. The van der Waals surface area contributed by atoms with Gasteiger partial charge >= 0.3 is 242 Å². The Balaban J connectivity index is 2.08. The molecule has 0 N–H and O–H groups in total. The molecule has 3 rings (SSSR count). The van der Waals surface area contributed by atoms with Crippen LogP contribution in [0.2, 0.25) is 0 Å². The second-order valence-electron chi connectivity index (χ2n) is 11.3. The molecule has 0 saturated heterocycles. The topological polar surface area (TPSA) is 0 Å². The first-order valence-corrected chi connectivity index (χ1v) is 14.7. The van der Waals surface area contributed by atoms with Crippen LogP contribution >= 0.6 is 0 Å². The summed E-state index contributed by atoms with van der Waals surface area (Å²) in [6.45, 7) is 9.09. The maximum atomic E-state index is 2.55. The van der Waals surface area contributed by atoms with Gasteiger partial charge in [0.25, 0.3) is 0 Å². The van der Waals surface area contributed by atoms with Crippen LogP contribution < -0.4 is 0 Å². The SMILES string of the molecule is [Li][C](CCCCC)(c1ccc(CC)cc1)c1cccc([C]([Li])(CCCCC)c2ccc(CC)cc2)c1. The van der Waals surface area contributed by atoms with Crippen molar-refractivity contribution in [1.82, 2.24) is 0 Å². The van der Waals surface area contributed by atoms with Crippen molar-refractivity contribution in [2.75, 3.05) is 0 Å². The van der Waals surface area contributed by atoms with Crippen LogP contribution in [-0.2, 0) is 21.0 Å². The van der Waals surface area contributed by atoms with Crippen molar-refractivity contribution >= 4 is 35.4 Å². The molecule has 3 aromatic rings. The van der Waals surface area contributed by atoms with Crippen LogP contribution in [0.4, 0.5) is 0 Å². The quantitative estimate of drug-likeness (QED) is 0.164. The Morgan fingerprint density at radius 2 is 0.889 bits per heavy atom. The number of aryl methyl sites for hydroxylation is 2. The van der Waals surface area contributed by atoms with Crippen molar-refractivity contribution < 1.29 is 0 Å². The molecule has 182 valence electrons. The van der Waals surface area contributed by atoms with E-state index in [1.54, 1.807) is 0 Å². The van der Waals surface area contributed by atoms with E-state index in [4.69, 9.17) is 0 Å². The molecular weight excluding hydrogens is 422 g/mol. The Hall–Kier alpha value is -1.15. The van der Waals surface area contributed by atoms with Crippen LogP contribution in [0.1, 0.15) is 112 Å². The molecule has 0 amide bonds. The first kappa shape index (κ1) is 29.4. The van der Waals surface area contributed by atoms with Gasteiger partial charge in [0, 0.05) is 0 Å². The Morgan fingerprint density at radius 3 is 1.22 bits per heavy atom. The Morgan fingerprint density at radius 1 is 0.500 bits per heavy atom. The minimum absolute atomic E-state index is 0.0217. The molecule has 0 fully saturated rings. The van der Waals surface area contributed by atoms with Gasteiger partial charge in [-0.25, -0.2) is 0 Å². The van der Waals surface area contributed by atoms with E-state index in [-0.39, 0.29) is 8.18 Å². The minimum atomic E-state index is 0.0217. The monoisotopic (exact) mass is 466 g/mol. The first-order valence-electron chi connectivity index (χ1n) is 14.7. The number of hydrogen-bond acceptors (Lipinski definition) is 0. The molecule has 0 heterocycles. The summed E-state index contributed by atoms with van der Waals surface area (Å²) in [5.41, 5.74) is 8.67. The third-order valence-corrected chi connectivity index (χ3v) is 8.70. The molecule has 2 unspecified atom stereocenters. The fourth-order valence-electron chi connectivity index (χ4n) is 5.79. The van der Waals surface area contributed by atoms with Gasteiger partial charge in [0.2, 0.25) is 0 Å². The van der Waals surface area contributed by atoms with Gasteiger partial charge in [0.1, 0.15) is 0 Å². The zero-order chi connectivity index (χ0) is 26.0. The summed E-state index contributed by atoms with van der Waals surface area (Å²) in [7, 11) is 0. The molecule has 0 nitrogen and oxygen atoms in total. The molecule has 0 aliphatic rings. The first-order chi connectivity index (χ1) is 17.4. The van der Waals surface area contributed by atoms with Crippen LogP contribution in [0.5, 0.6) is 0 Å². The number of hydrogen-bond donors (Lipinski definition) is 0. The van der Waals surface area contributed by atoms with Gasteiger partial charge in [-0.15, -0.1) is 0 Å². The Bertz CT molecular complexity index is 971. The molecule has 2 atom stereocenters. The molecule has 0 saturated carbocycles. The molecule has 0 spiro atoms. The van der Waals surface area contributed by atoms with Gasteiger partial charge < -0.3 is 0 Å². The van der Waals surface area contributed by atoms with Crippen LogP contribution in [0, 0.1) is 0 Å². The van der Waals surface area contributed by atoms with Gasteiger partial charge in [0.05, 0.1) is 0 Å². The maximum absolute atomic E-state index is 2.55. The zero-order valence-electron chi connectivity index (χ0n) is 24.0. The van der Waals surface area contributed by atoms with Crippen LogP contribution in [0.25, 0.3) is 0 Å². The summed E-state index contributed by atoms with van der Waals surface area (Å²) >= 11 is 4.96. The summed E-state index contributed by atoms with van der Waals surface area (Å²) < 4.78 is 0.0433. The van der Waals surface area contributed by atoms with Crippen LogP contribution in [0.15, 0.2) is 72.8 Å². The average Bonchev–Trinajstić information content (AvgIpc) is 2.93. The van der Waals surface area contributed by atoms with Crippen molar-refractivity contribution in [2.24, 2.45) is 0 Å². The predicted octanol–water partition coefficient (Wildman–Crippen LogP) is 8.80. The molecule has 0 radical (unpaired) electrons. The average molecular weight is 467 g/mol. The summed E-state index contributed by atoms with van der Waals surface area (Å²) in [5, 5.41) is 0. The third-order valence-electron chi connectivity index (χ3n) is 8.70. The predicted molar refractivity (Wildman–Crippen MR) is 159 cm³/mol. The van der Waals surface area contributed by atoms with Gasteiger partial charge in [0.15, 0.2) is 0 Å². The number of benzene rings is 3. The van der Waals surface area contributed by atoms with Crippen molar-refractivity contribution in [1.29, 1.82) is 0 Å². The molecule has 0 aliphatic carbocycles. The van der Waals surface area contributed by atoms with Crippen molar-refractivity contribution in [3.63, 3.8) is 0 Å². The molecule has 0 aromatic heterocycles. The number of unbranched alkanes of at least 4 members (excludes halogenated alkanes) is 4. The second kappa shape index (κ2) is 14.1. The zero-order valence-corrected chi connectivity index (χ0v) is 24.0. The van der Waals surface area contributed by atoms with Gasteiger partial charge in [-0.3, -0.25) is 0 Å². The number of rotatable bonds is 14. The molecule has 0 aliphatic heterocycles. The molecule has 2 heteroatoms. The van der Waals surface area contributed by atoms with Crippen molar-refractivity contribution in [2.45, 2.75) is 100 Å². The van der Waals surface area contributed by atoms with Crippen LogP contribution in [0.3, 0.4) is 0 Å². The van der Waals surface area contributed by atoms with Gasteiger partial charge in [-0.2, -0.15) is 0 Å². The van der Waals surface area contributed by atoms with E-state index < -0.39 is 0 Å². The van der Waals surface area contributed by atoms with E-state index in [2.05, 4.69) is 136 Å². The van der Waals surface area contributed by atoms with Gasteiger partial charge in [-0.1, -0.05) is 0 Å². The van der Waals surface area contributed by atoms with E-state index in [1.807, 2.05) is 0 Å². The van der Waals surface area contributed by atoms with E-state index in [9.17, 15) is 0 Å². The molecule has 3 aromatic carbocycles. The van der Waals surface area contributed by atoms with E-state index >= 15 is 0 Å². The summed E-state index contributed by atoms with van der Waals surface area (Å²) in [6, 6.07) is 28.5. The molecule has 0 bridgehead atoms. The summed E-state index contributed by atoms with van der Waals surface area (Å²) in [5.74, 6) is 0. The van der Waals surface area contributed by atoms with Crippen molar-refractivity contribution in [3.05, 3.63) is 106 Å². The second-order valence-corrected chi connectivity index (χ2v) is 11.3. The normalized spacial score (nSPS) is 14.9. The summed E-state index contributed by atoms with van der Waals surface area (Å²) in [4.78, 5) is 0.